The zero-order valence-electron chi connectivity index (χ0n) is 12.5. The first-order valence-corrected chi connectivity index (χ1v) is 8.84. The summed E-state index contributed by atoms with van der Waals surface area (Å²) in [5, 5.41) is 5.80. The third-order valence-corrected chi connectivity index (χ3v) is 6.10. The Hall–Kier alpha value is -1.32. The number of nitrogens with one attached hydrogen (secondary N) is 1. The number of thiophene rings is 1. The minimum atomic E-state index is 0.588. The van der Waals surface area contributed by atoms with Crippen LogP contribution in [0.5, 0.6) is 0 Å². The van der Waals surface area contributed by atoms with Crippen molar-refractivity contribution < 1.29 is 0 Å². The molecule has 0 fully saturated rings. The zero-order valence-corrected chi connectivity index (χ0v) is 13.3. The van der Waals surface area contributed by atoms with Crippen LogP contribution in [-0.4, -0.2) is 24.5 Å². The first-order chi connectivity index (χ1) is 10.3. The van der Waals surface area contributed by atoms with Gasteiger partial charge in [0.1, 0.15) is 0 Å². The van der Waals surface area contributed by atoms with Crippen LogP contribution in [-0.2, 0) is 6.42 Å². The van der Waals surface area contributed by atoms with Crippen molar-refractivity contribution in [2.45, 2.75) is 31.7 Å². The second kappa shape index (κ2) is 5.47. The smallest absolute Gasteiger partial charge is 0.0376 e. The Balaban J connectivity index is 1.42. The normalized spacial score (nSPS) is 24.4. The standard InChI is InChI=1S/C18H22N2S/c1-13-15-8-11-21-18(15)7-10-20(13)9-6-14-12-19-17-5-3-2-4-16(14)17/h2-5,8,11,13-14,19H,6-7,9-10,12H2,1H3. The molecule has 3 heteroatoms. The van der Waals surface area contributed by atoms with Crippen LogP contribution in [0.25, 0.3) is 0 Å². The lowest BCUT2D eigenvalue weighted by Crippen LogP contribution is -2.34. The first-order valence-electron chi connectivity index (χ1n) is 7.96. The topological polar surface area (TPSA) is 15.3 Å². The molecule has 0 amide bonds. The molecule has 2 nitrogen and oxygen atoms in total. The lowest BCUT2D eigenvalue weighted by molar-refractivity contribution is 0.194. The van der Waals surface area contributed by atoms with E-state index in [1.165, 1.54) is 37.2 Å². The molecule has 2 aliphatic rings. The van der Waals surface area contributed by atoms with Crippen molar-refractivity contribution in [3.05, 3.63) is 51.7 Å². The first kappa shape index (κ1) is 13.4. The van der Waals surface area contributed by atoms with E-state index in [4.69, 9.17) is 0 Å². The molecule has 0 spiro atoms. The summed E-state index contributed by atoms with van der Waals surface area (Å²) in [5.74, 6) is 0.678. The van der Waals surface area contributed by atoms with Crippen LogP contribution in [0, 0.1) is 0 Å². The van der Waals surface area contributed by atoms with Crippen LogP contribution < -0.4 is 5.32 Å². The van der Waals surface area contributed by atoms with E-state index in [9.17, 15) is 0 Å². The van der Waals surface area contributed by atoms with Crippen LogP contribution >= 0.6 is 11.3 Å². The van der Waals surface area contributed by atoms with Crippen LogP contribution in [0.15, 0.2) is 35.7 Å². The molecule has 0 bridgehead atoms. The Bertz CT molecular complexity index is 634. The summed E-state index contributed by atoms with van der Waals surface area (Å²) in [5.41, 5.74) is 4.42. The van der Waals surface area contributed by atoms with Gasteiger partial charge in [0.25, 0.3) is 0 Å². The molecular weight excluding hydrogens is 276 g/mol. The Labute approximate surface area is 130 Å². The molecule has 2 unspecified atom stereocenters. The highest BCUT2D eigenvalue weighted by molar-refractivity contribution is 7.10. The van der Waals surface area contributed by atoms with Crippen molar-refractivity contribution in [3.8, 4) is 0 Å². The number of para-hydroxylation sites is 1. The van der Waals surface area contributed by atoms with Gasteiger partial charge in [-0.3, -0.25) is 4.90 Å². The second-order valence-corrected chi connectivity index (χ2v) is 7.22. The van der Waals surface area contributed by atoms with Crippen LogP contribution in [0.3, 0.4) is 0 Å². The lowest BCUT2D eigenvalue weighted by Gasteiger charge is -2.34. The molecular formula is C18H22N2S. The van der Waals surface area contributed by atoms with Crippen molar-refractivity contribution >= 4 is 17.0 Å². The van der Waals surface area contributed by atoms with E-state index in [1.807, 2.05) is 11.3 Å². The number of anilines is 1. The predicted molar refractivity (Wildman–Crippen MR) is 90.3 cm³/mol. The number of fused-ring (bicyclic) bond motifs is 2. The average molecular weight is 298 g/mol. The third-order valence-electron chi connectivity index (χ3n) is 5.11. The maximum Gasteiger partial charge on any atom is 0.0376 e. The summed E-state index contributed by atoms with van der Waals surface area (Å²) in [6, 6.07) is 11.7. The van der Waals surface area contributed by atoms with Gasteiger partial charge in [-0.1, -0.05) is 18.2 Å². The van der Waals surface area contributed by atoms with Crippen LogP contribution in [0.4, 0.5) is 5.69 Å². The highest BCUT2D eigenvalue weighted by atomic mass is 32.1. The molecule has 0 aliphatic carbocycles. The fraction of sp³-hybridized carbons (Fsp3) is 0.444. The Morgan fingerprint density at radius 2 is 2.14 bits per heavy atom. The monoisotopic (exact) mass is 298 g/mol. The number of rotatable bonds is 3. The largest absolute Gasteiger partial charge is 0.384 e. The van der Waals surface area contributed by atoms with Gasteiger partial charge >= 0.3 is 0 Å². The van der Waals surface area contributed by atoms with Crippen molar-refractivity contribution in [2.24, 2.45) is 0 Å². The Morgan fingerprint density at radius 3 is 3.10 bits per heavy atom. The number of nitrogens with zero attached hydrogens (tertiary/aromatic N) is 1. The minimum Gasteiger partial charge on any atom is -0.384 e. The average Bonchev–Trinajstić information content (AvgIpc) is 3.13. The third kappa shape index (κ3) is 2.39. The molecule has 4 rings (SSSR count). The van der Waals surface area contributed by atoms with Gasteiger partial charge in [0.05, 0.1) is 0 Å². The van der Waals surface area contributed by atoms with Gasteiger partial charge in [-0.05, 0) is 54.9 Å². The summed E-state index contributed by atoms with van der Waals surface area (Å²) < 4.78 is 0. The van der Waals surface area contributed by atoms with Gasteiger partial charge in [0, 0.05) is 35.6 Å². The van der Waals surface area contributed by atoms with Gasteiger partial charge in [-0.15, -0.1) is 11.3 Å². The molecule has 0 saturated heterocycles. The molecule has 1 aromatic carbocycles. The number of benzene rings is 1. The van der Waals surface area contributed by atoms with E-state index in [0.29, 0.717) is 12.0 Å². The van der Waals surface area contributed by atoms with E-state index >= 15 is 0 Å². The summed E-state index contributed by atoms with van der Waals surface area (Å²) in [6.45, 7) is 5.89. The zero-order chi connectivity index (χ0) is 14.2. The van der Waals surface area contributed by atoms with Gasteiger partial charge < -0.3 is 5.32 Å². The van der Waals surface area contributed by atoms with Gasteiger partial charge in [-0.25, -0.2) is 0 Å². The van der Waals surface area contributed by atoms with E-state index in [-0.39, 0.29) is 0 Å². The van der Waals surface area contributed by atoms with Crippen LogP contribution in [0.1, 0.15) is 41.3 Å². The van der Waals surface area contributed by atoms with Crippen molar-refractivity contribution in [2.75, 3.05) is 25.0 Å². The molecule has 2 aromatic rings. The number of hydrogen-bond donors (Lipinski definition) is 1. The van der Waals surface area contributed by atoms with E-state index in [1.54, 1.807) is 10.4 Å². The molecule has 2 aliphatic heterocycles. The van der Waals surface area contributed by atoms with Gasteiger partial charge in [0.15, 0.2) is 0 Å². The summed E-state index contributed by atoms with van der Waals surface area (Å²) in [7, 11) is 0. The quantitative estimate of drug-likeness (QED) is 0.910. The summed E-state index contributed by atoms with van der Waals surface area (Å²) in [6.07, 6.45) is 2.49. The van der Waals surface area contributed by atoms with E-state index < -0.39 is 0 Å². The van der Waals surface area contributed by atoms with Gasteiger partial charge in [-0.2, -0.15) is 0 Å². The molecule has 2 atom stereocenters. The van der Waals surface area contributed by atoms with Crippen molar-refractivity contribution in [1.29, 1.82) is 0 Å². The predicted octanol–water partition coefficient (Wildman–Crippen LogP) is 4.27. The fourth-order valence-corrected chi connectivity index (χ4v) is 4.77. The lowest BCUT2D eigenvalue weighted by atomic mass is 9.96. The van der Waals surface area contributed by atoms with Crippen molar-refractivity contribution in [1.82, 2.24) is 4.90 Å². The molecule has 3 heterocycles. The number of hydrogen-bond acceptors (Lipinski definition) is 3. The van der Waals surface area contributed by atoms with Gasteiger partial charge in [0.2, 0.25) is 0 Å². The highest BCUT2D eigenvalue weighted by Crippen LogP contribution is 2.36. The Kier molecular flexibility index (Phi) is 3.48. The maximum absolute atomic E-state index is 3.54. The van der Waals surface area contributed by atoms with E-state index in [2.05, 4.69) is 52.9 Å². The molecule has 0 saturated carbocycles. The van der Waals surface area contributed by atoms with E-state index in [0.717, 1.165) is 6.54 Å². The van der Waals surface area contributed by atoms with Crippen molar-refractivity contribution in [3.63, 3.8) is 0 Å². The molecule has 110 valence electrons. The minimum absolute atomic E-state index is 0.588. The SMILES string of the molecule is CC1c2ccsc2CCN1CCC1CNc2ccccc21. The molecule has 1 aromatic heterocycles. The summed E-state index contributed by atoms with van der Waals surface area (Å²) in [4.78, 5) is 4.27. The fourth-order valence-electron chi connectivity index (χ4n) is 3.80. The Morgan fingerprint density at radius 1 is 1.24 bits per heavy atom. The molecule has 0 radical (unpaired) electrons. The maximum atomic E-state index is 3.54. The highest BCUT2D eigenvalue weighted by Gasteiger charge is 2.27. The molecule has 1 N–H and O–H groups in total. The second-order valence-electron chi connectivity index (χ2n) is 6.21. The molecule has 21 heavy (non-hydrogen) atoms. The van der Waals surface area contributed by atoms with Crippen LogP contribution in [0.2, 0.25) is 0 Å². The summed E-state index contributed by atoms with van der Waals surface area (Å²) >= 11 is 1.93.